The van der Waals surface area contributed by atoms with Gasteiger partial charge in [0, 0.05) is 30.6 Å². The summed E-state index contributed by atoms with van der Waals surface area (Å²) in [6.45, 7) is 5.59. The van der Waals surface area contributed by atoms with Gasteiger partial charge in [0.2, 0.25) is 5.91 Å². The van der Waals surface area contributed by atoms with Gasteiger partial charge in [0.1, 0.15) is 0 Å². The number of carbonyl (C=O) groups is 1. The molecule has 4 rings (SSSR count). The molecule has 1 aliphatic heterocycles. The van der Waals surface area contributed by atoms with E-state index in [0.29, 0.717) is 5.82 Å². The summed E-state index contributed by atoms with van der Waals surface area (Å²) in [5, 5.41) is 5.95. The van der Waals surface area contributed by atoms with Crippen LogP contribution in [0.5, 0.6) is 0 Å². The van der Waals surface area contributed by atoms with Crippen molar-refractivity contribution in [1.29, 1.82) is 0 Å². The predicted molar refractivity (Wildman–Crippen MR) is 104 cm³/mol. The van der Waals surface area contributed by atoms with E-state index in [0.717, 1.165) is 55.3 Å². The Morgan fingerprint density at radius 1 is 1.27 bits per heavy atom. The number of fused-ring (bicyclic) bond motifs is 2. The third-order valence-corrected chi connectivity index (χ3v) is 5.78. The molecule has 6 nitrogen and oxygen atoms in total. The molecule has 2 aromatic rings. The van der Waals surface area contributed by atoms with Gasteiger partial charge in [-0.15, -0.1) is 11.3 Å². The molecule has 1 aliphatic carbocycles. The molecule has 0 unspecified atom stereocenters. The summed E-state index contributed by atoms with van der Waals surface area (Å²) in [5.41, 5.74) is 4.80. The molecular formula is C19H23N5OS. The number of aromatic nitrogens is 3. The van der Waals surface area contributed by atoms with Crippen LogP contribution in [0.1, 0.15) is 44.5 Å². The van der Waals surface area contributed by atoms with E-state index in [2.05, 4.69) is 15.2 Å². The minimum Gasteiger partial charge on any atom is -0.343 e. The van der Waals surface area contributed by atoms with Crippen LogP contribution in [0.2, 0.25) is 0 Å². The second kappa shape index (κ2) is 7.15. The Morgan fingerprint density at radius 2 is 2.15 bits per heavy atom. The van der Waals surface area contributed by atoms with Crippen molar-refractivity contribution in [3.63, 3.8) is 0 Å². The highest BCUT2D eigenvalue weighted by atomic mass is 32.1. The number of rotatable bonds is 3. The van der Waals surface area contributed by atoms with Crippen LogP contribution in [0.15, 0.2) is 23.3 Å². The van der Waals surface area contributed by atoms with Gasteiger partial charge in [-0.2, -0.15) is 0 Å². The molecule has 3 heterocycles. The second-order valence-electron chi connectivity index (χ2n) is 7.12. The van der Waals surface area contributed by atoms with E-state index >= 15 is 0 Å². The zero-order chi connectivity index (χ0) is 18.1. The Morgan fingerprint density at radius 3 is 2.92 bits per heavy atom. The van der Waals surface area contributed by atoms with Crippen LogP contribution in [0, 0.1) is 5.92 Å². The SMILES string of the molecule is CC(C)C(=O)Nc1cnc2c(n1)CCCC1=C2CN(c2nccs2)CC1. The standard InChI is InChI=1S/C19H23N5OS/c1-12(2)18(25)23-16-10-21-17-14-11-24(19-20-7-9-26-19)8-6-13(14)4-3-5-15(17)22-16/h7,9-10,12H,3-6,8,11H2,1-2H3,(H,22,23,25). The Balaban J connectivity index is 1.63. The summed E-state index contributed by atoms with van der Waals surface area (Å²) < 4.78 is 0. The van der Waals surface area contributed by atoms with E-state index in [9.17, 15) is 4.79 Å². The molecule has 7 heteroatoms. The van der Waals surface area contributed by atoms with Gasteiger partial charge in [-0.25, -0.2) is 9.97 Å². The number of thiazole rings is 1. The highest BCUT2D eigenvalue weighted by Crippen LogP contribution is 2.35. The van der Waals surface area contributed by atoms with E-state index in [-0.39, 0.29) is 11.8 Å². The fraction of sp³-hybridized carbons (Fsp3) is 0.474. The van der Waals surface area contributed by atoms with Crippen LogP contribution in [0.3, 0.4) is 0 Å². The van der Waals surface area contributed by atoms with Crippen LogP contribution >= 0.6 is 11.3 Å². The lowest BCUT2D eigenvalue weighted by Crippen LogP contribution is -2.31. The predicted octanol–water partition coefficient (Wildman–Crippen LogP) is 3.53. The fourth-order valence-electron chi connectivity index (χ4n) is 3.51. The average Bonchev–Trinajstić information content (AvgIpc) is 3.11. The Bertz CT molecular complexity index is 844. The van der Waals surface area contributed by atoms with E-state index in [1.54, 1.807) is 17.5 Å². The maximum Gasteiger partial charge on any atom is 0.228 e. The lowest BCUT2D eigenvalue weighted by Gasteiger charge is -2.30. The minimum absolute atomic E-state index is 0.0274. The average molecular weight is 369 g/mol. The van der Waals surface area contributed by atoms with Crippen molar-refractivity contribution in [3.05, 3.63) is 34.7 Å². The molecule has 0 fully saturated rings. The smallest absolute Gasteiger partial charge is 0.228 e. The minimum atomic E-state index is -0.0740. The molecule has 1 N–H and O–H groups in total. The van der Waals surface area contributed by atoms with Crippen LogP contribution in [-0.4, -0.2) is 33.9 Å². The number of nitrogens with one attached hydrogen (secondary N) is 1. The number of nitrogens with zero attached hydrogens (tertiary/aromatic N) is 4. The molecule has 0 atom stereocenters. The molecule has 1 amide bonds. The molecule has 0 radical (unpaired) electrons. The first kappa shape index (κ1) is 17.1. The Kier molecular flexibility index (Phi) is 4.72. The molecule has 0 aromatic carbocycles. The number of hydrogen-bond donors (Lipinski definition) is 1. The lowest BCUT2D eigenvalue weighted by molar-refractivity contribution is -0.118. The molecule has 0 bridgehead atoms. The van der Waals surface area contributed by atoms with Crippen molar-refractivity contribution in [2.24, 2.45) is 5.92 Å². The monoisotopic (exact) mass is 369 g/mol. The molecule has 0 spiro atoms. The second-order valence-corrected chi connectivity index (χ2v) is 7.99. The number of hydrogen-bond acceptors (Lipinski definition) is 6. The van der Waals surface area contributed by atoms with Crippen LogP contribution in [0.25, 0.3) is 5.57 Å². The Labute approximate surface area is 157 Å². The largest absolute Gasteiger partial charge is 0.343 e. The number of aryl methyl sites for hydroxylation is 1. The van der Waals surface area contributed by atoms with Crippen molar-refractivity contribution in [2.45, 2.75) is 39.5 Å². The number of anilines is 2. The van der Waals surface area contributed by atoms with Crippen molar-refractivity contribution in [2.75, 3.05) is 23.3 Å². The summed E-state index contributed by atoms with van der Waals surface area (Å²) in [7, 11) is 0. The topological polar surface area (TPSA) is 71.0 Å². The maximum absolute atomic E-state index is 11.9. The van der Waals surface area contributed by atoms with Crippen molar-refractivity contribution in [1.82, 2.24) is 15.0 Å². The highest BCUT2D eigenvalue weighted by molar-refractivity contribution is 7.13. The van der Waals surface area contributed by atoms with E-state index in [1.165, 1.54) is 11.1 Å². The summed E-state index contributed by atoms with van der Waals surface area (Å²) in [6, 6.07) is 0. The Hall–Kier alpha value is -2.28. The summed E-state index contributed by atoms with van der Waals surface area (Å²) in [4.78, 5) is 28.2. The first-order valence-corrected chi connectivity index (χ1v) is 10.0. The van der Waals surface area contributed by atoms with Crippen LogP contribution < -0.4 is 10.2 Å². The summed E-state index contributed by atoms with van der Waals surface area (Å²) >= 11 is 1.68. The molecule has 2 aromatic heterocycles. The van der Waals surface area contributed by atoms with Gasteiger partial charge in [0.05, 0.1) is 17.6 Å². The molecule has 26 heavy (non-hydrogen) atoms. The fourth-order valence-corrected chi connectivity index (χ4v) is 4.18. The molecule has 136 valence electrons. The van der Waals surface area contributed by atoms with Gasteiger partial charge in [-0.3, -0.25) is 9.78 Å². The van der Waals surface area contributed by atoms with Crippen LogP contribution in [-0.2, 0) is 11.2 Å². The van der Waals surface area contributed by atoms with E-state index < -0.39 is 0 Å². The molecule has 0 saturated carbocycles. The zero-order valence-electron chi connectivity index (χ0n) is 15.2. The molecule has 2 aliphatic rings. The third-order valence-electron chi connectivity index (χ3n) is 4.95. The normalized spacial score (nSPS) is 17.0. The van der Waals surface area contributed by atoms with Gasteiger partial charge in [0.15, 0.2) is 10.9 Å². The van der Waals surface area contributed by atoms with Gasteiger partial charge in [-0.1, -0.05) is 19.4 Å². The van der Waals surface area contributed by atoms with E-state index in [4.69, 9.17) is 9.97 Å². The summed E-state index contributed by atoms with van der Waals surface area (Å²) in [6.07, 6.45) is 7.69. The van der Waals surface area contributed by atoms with Gasteiger partial charge in [-0.05, 0) is 31.3 Å². The molecular weight excluding hydrogens is 346 g/mol. The number of carbonyl (C=O) groups excluding carboxylic acids is 1. The first-order valence-electron chi connectivity index (χ1n) is 9.14. The zero-order valence-corrected chi connectivity index (χ0v) is 16.0. The van der Waals surface area contributed by atoms with E-state index in [1.807, 2.05) is 25.4 Å². The highest BCUT2D eigenvalue weighted by Gasteiger charge is 2.27. The number of amides is 1. The van der Waals surface area contributed by atoms with Crippen molar-refractivity contribution in [3.8, 4) is 0 Å². The van der Waals surface area contributed by atoms with Gasteiger partial charge in [0.25, 0.3) is 0 Å². The van der Waals surface area contributed by atoms with Gasteiger partial charge >= 0.3 is 0 Å². The van der Waals surface area contributed by atoms with Crippen molar-refractivity contribution >= 4 is 33.8 Å². The van der Waals surface area contributed by atoms with Crippen LogP contribution in [0.4, 0.5) is 10.9 Å². The first-order chi connectivity index (χ1) is 12.6. The maximum atomic E-state index is 11.9. The van der Waals surface area contributed by atoms with Crippen molar-refractivity contribution < 1.29 is 4.79 Å². The van der Waals surface area contributed by atoms with Gasteiger partial charge < -0.3 is 10.2 Å². The quantitative estimate of drug-likeness (QED) is 0.896. The molecule has 0 saturated heterocycles. The summed E-state index contributed by atoms with van der Waals surface area (Å²) in [5.74, 6) is 0.453. The third kappa shape index (κ3) is 3.35. The lowest BCUT2D eigenvalue weighted by atomic mass is 9.96.